The predicted octanol–water partition coefficient (Wildman–Crippen LogP) is 5.44. The number of carbonyl (C=O) groups excluding carboxylic acids is 1. The van der Waals surface area contributed by atoms with Gasteiger partial charge in [0.15, 0.2) is 11.4 Å². The lowest BCUT2D eigenvalue weighted by molar-refractivity contribution is 0.102. The molecular formula is C24H18N6OS. The van der Waals surface area contributed by atoms with Gasteiger partial charge in [0.05, 0.1) is 22.5 Å². The maximum Gasteiger partial charge on any atom is 0.181 e. The SMILES string of the molecule is CC(=O)c1ccc(-c2cccc3[nH]c(-c4[nH]nc5ncc(-c6cnn(C)c6)cc45)cc23)s1. The minimum Gasteiger partial charge on any atom is -0.353 e. The van der Waals surface area contributed by atoms with Crippen LogP contribution in [0.4, 0.5) is 0 Å². The Morgan fingerprint density at radius 3 is 2.75 bits per heavy atom. The molecule has 0 saturated heterocycles. The third-order valence-corrected chi connectivity index (χ3v) is 6.82. The number of hydrogen-bond acceptors (Lipinski definition) is 5. The van der Waals surface area contributed by atoms with Crippen LogP contribution in [0.1, 0.15) is 16.6 Å². The van der Waals surface area contributed by atoms with E-state index in [9.17, 15) is 4.79 Å². The second-order valence-corrected chi connectivity index (χ2v) is 8.85. The molecule has 5 aromatic heterocycles. The average molecular weight is 439 g/mol. The molecule has 0 spiro atoms. The van der Waals surface area contributed by atoms with Crippen LogP contribution in [0.3, 0.4) is 0 Å². The molecule has 0 aliphatic rings. The van der Waals surface area contributed by atoms with E-state index in [0.717, 1.165) is 54.1 Å². The van der Waals surface area contributed by atoms with E-state index in [1.807, 2.05) is 43.8 Å². The Labute approximate surface area is 186 Å². The zero-order valence-corrected chi connectivity index (χ0v) is 18.2. The molecule has 1 aromatic carbocycles. The Bertz CT molecular complexity index is 1630. The molecule has 7 nitrogen and oxygen atoms in total. The van der Waals surface area contributed by atoms with Crippen molar-refractivity contribution in [1.82, 2.24) is 29.9 Å². The van der Waals surface area contributed by atoms with Gasteiger partial charge in [-0.2, -0.15) is 10.2 Å². The number of fused-ring (bicyclic) bond motifs is 2. The number of nitrogens with zero attached hydrogens (tertiary/aromatic N) is 4. The fourth-order valence-electron chi connectivity index (χ4n) is 4.01. The van der Waals surface area contributed by atoms with Gasteiger partial charge in [-0.05, 0) is 37.3 Å². The standard InChI is InChI=1S/C24H18N6OS/c1-13(31)21-6-7-22(32-21)16-4-3-5-19-17(16)9-20(27-19)23-18-8-14(10-25-24(18)29-28-23)15-11-26-30(2)12-15/h3-12,27H,1-2H3,(H,25,28,29). The predicted molar refractivity (Wildman–Crippen MR) is 127 cm³/mol. The number of hydrogen-bond donors (Lipinski definition) is 2. The highest BCUT2D eigenvalue weighted by Crippen LogP contribution is 2.37. The molecule has 32 heavy (non-hydrogen) atoms. The van der Waals surface area contributed by atoms with Crippen LogP contribution in [-0.2, 0) is 7.05 Å². The maximum atomic E-state index is 11.8. The van der Waals surface area contributed by atoms with Crippen molar-refractivity contribution in [2.24, 2.45) is 7.05 Å². The number of Topliss-reactive ketones (excluding diaryl/α,β-unsaturated/α-hetero) is 1. The molecule has 0 bridgehead atoms. The Morgan fingerprint density at radius 1 is 1.06 bits per heavy atom. The quantitative estimate of drug-likeness (QED) is 0.359. The molecule has 0 fully saturated rings. The van der Waals surface area contributed by atoms with Crippen LogP contribution in [0, 0.1) is 0 Å². The Hall–Kier alpha value is -4.04. The van der Waals surface area contributed by atoms with Gasteiger partial charge in [-0.25, -0.2) is 4.98 Å². The number of H-pyrrole nitrogens is 2. The van der Waals surface area contributed by atoms with Crippen molar-refractivity contribution in [3.8, 4) is 33.0 Å². The highest BCUT2D eigenvalue weighted by molar-refractivity contribution is 7.17. The van der Waals surface area contributed by atoms with Gasteiger partial charge in [0, 0.05) is 57.3 Å². The van der Waals surface area contributed by atoms with E-state index < -0.39 is 0 Å². The van der Waals surface area contributed by atoms with Crippen molar-refractivity contribution in [1.29, 1.82) is 0 Å². The van der Waals surface area contributed by atoms with E-state index in [2.05, 4.69) is 49.5 Å². The van der Waals surface area contributed by atoms with Gasteiger partial charge in [0.25, 0.3) is 0 Å². The van der Waals surface area contributed by atoms with E-state index in [4.69, 9.17) is 0 Å². The van der Waals surface area contributed by atoms with Crippen molar-refractivity contribution in [2.45, 2.75) is 6.92 Å². The number of ketones is 1. The number of pyridine rings is 1. The fourth-order valence-corrected chi connectivity index (χ4v) is 4.95. The van der Waals surface area contributed by atoms with Gasteiger partial charge >= 0.3 is 0 Å². The number of aromatic nitrogens is 6. The summed E-state index contributed by atoms with van der Waals surface area (Å²) in [4.78, 5) is 21.6. The van der Waals surface area contributed by atoms with Crippen molar-refractivity contribution in [2.75, 3.05) is 0 Å². The van der Waals surface area contributed by atoms with Crippen LogP contribution >= 0.6 is 11.3 Å². The second-order valence-electron chi connectivity index (χ2n) is 7.77. The van der Waals surface area contributed by atoms with Gasteiger partial charge in [-0.1, -0.05) is 12.1 Å². The Morgan fingerprint density at radius 2 is 1.97 bits per heavy atom. The van der Waals surface area contributed by atoms with Crippen LogP contribution in [0.15, 0.2) is 61.1 Å². The second kappa shape index (κ2) is 7.00. The van der Waals surface area contributed by atoms with Gasteiger partial charge in [-0.3, -0.25) is 14.6 Å². The number of nitrogens with one attached hydrogen (secondary N) is 2. The molecule has 0 aliphatic carbocycles. The third kappa shape index (κ3) is 2.96. The van der Waals surface area contributed by atoms with Gasteiger partial charge in [0.2, 0.25) is 0 Å². The van der Waals surface area contributed by atoms with Crippen LogP contribution in [-0.4, -0.2) is 35.7 Å². The summed E-state index contributed by atoms with van der Waals surface area (Å²) in [5.74, 6) is 0.0871. The fraction of sp³-hybridized carbons (Fsp3) is 0.0833. The van der Waals surface area contributed by atoms with Crippen LogP contribution in [0.2, 0.25) is 0 Å². The normalized spacial score (nSPS) is 11.6. The smallest absolute Gasteiger partial charge is 0.181 e. The molecule has 5 heterocycles. The molecule has 0 radical (unpaired) electrons. The maximum absolute atomic E-state index is 11.8. The summed E-state index contributed by atoms with van der Waals surface area (Å²) in [5.41, 5.74) is 6.59. The van der Waals surface area contributed by atoms with E-state index >= 15 is 0 Å². The summed E-state index contributed by atoms with van der Waals surface area (Å²) in [6.45, 7) is 1.60. The highest BCUT2D eigenvalue weighted by Gasteiger charge is 2.16. The number of thiophene rings is 1. The molecule has 0 atom stereocenters. The van der Waals surface area contributed by atoms with Gasteiger partial charge in [-0.15, -0.1) is 11.3 Å². The largest absolute Gasteiger partial charge is 0.353 e. The lowest BCUT2D eigenvalue weighted by atomic mass is 10.1. The summed E-state index contributed by atoms with van der Waals surface area (Å²) in [7, 11) is 1.90. The topological polar surface area (TPSA) is 92.2 Å². The molecular weight excluding hydrogens is 420 g/mol. The molecule has 2 N–H and O–H groups in total. The summed E-state index contributed by atoms with van der Waals surface area (Å²) < 4.78 is 1.77. The van der Waals surface area contributed by atoms with Crippen molar-refractivity contribution in [3.63, 3.8) is 0 Å². The van der Waals surface area contributed by atoms with E-state index in [-0.39, 0.29) is 5.78 Å². The first-order valence-electron chi connectivity index (χ1n) is 10.1. The van der Waals surface area contributed by atoms with Crippen molar-refractivity contribution >= 4 is 39.1 Å². The number of rotatable bonds is 4. The zero-order valence-electron chi connectivity index (χ0n) is 17.4. The summed E-state index contributed by atoms with van der Waals surface area (Å²) in [6, 6.07) is 14.3. The molecule has 156 valence electrons. The van der Waals surface area contributed by atoms with Gasteiger partial charge < -0.3 is 4.98 Å². The zero-order chi connectivity index (χ0) is 21.8. The summed E-state index contributed by atoms with van der Waals surface area (Å²) in [5, 5.41) is 13.8. The van der Waals surface area contributed by atoms with Crippen LogP contribution < -0.4 is 0 Å². The minimum absolute atomic E-state index is 0.0871. The van der Waals surface area contributed by atoms with E-state index in [1.54, 1.807) is 11.6 Å². The molecule has 6 aromatic rings. The number of carbonyl (C=O) groups is 1. The summed E-state index contributed by atoms with van der Waals surface area (Å²) in [6.07, 6.45) is 5.61. The monoisotopic (exact) mass is 438 g/mol. The molecule has 0 amide bonds. The first-order chi connectivity index (χ1) is 15.6. The van der Waals surface area contributed by atoms with E-state index in [1.165, 1.54) is 11.3 Å². The molecule has 0 unspecified atom stereocenters. The van der Waals surface area contributed by atoms with Crippen LogP contribution in [0.5, 0.6) is 0 Å². The van der Waals surface area contributed by atoms with Crippen molar-refractivity contribution < 1.29 is 4.79 Å². The highest BCUT2D eigenvalue weighted by atomic mass is 32.1. The minimum atomic E-state index is 0.0871. The Kier molecular flexibility index (Phi) is 4.09. The molecule has 6 rings (SSSR count). The number of benzene rings is 1. The lowest BCUT2D eigenvalue weighted by Gasteiger charge is -1.99. The first kappa shape index (κ1) is 18.7. The van der Waals surface area contributed by atoms with Gasteiger partial charge in [0.1, 0.15) is 0 Å². The molecule has 0 saturated carbocycles. The Balaban J connectivity index is 1.49. The van der Waals surface area contributed by atoms with E-state index in [0.29, 0.717) is 5.65 Å². The first-order valence-corrected chi connectivity index (χ1v) is 10.9. The lowest BCUT2D eigenvalue weighted by Crippen LogP contribution is -1.84. The number of aromatic amines is 2. The molecule has 0 aliphatic heterocycles. The summed E-state index contributed by atoms with van der Waals surface area (Å²) >= 11 is 1.52. The average Bonchev–Trinajstić information content (AvgIpc) is 3.56. The van der Waals surface area contributed by atoms with Crippen molar-refractivity contribution in [3.05, 3.63) is 65.9 Å². The van der Waals surface area contributed by atoms with Crippen LogP contribution in [0.25, 0.3) is 54.9 Å². The molecule has 8 heteroatoms. The number of aryl methyl sites for hydroxylation is 1. The third-order valence-electron chi connectivity index (χ3n) is 5.60.